The Morgan fingerprint density at radius 1 is 1.14 bits per heavy atom. The number of nitrogens with one attached hydrogen (secondary N) is 2. The van der Waals surface area contributed by atoms with Crippen molar-refractivity contribution >= 4 is 23.6 Å². The maximum atomic E-state index is 15.0. The van der Waals surface area contributed by atoms with Crippen molar-refractivity contribution in [2.24, 2.45) is 5.92 Å². The lowest BCUT2D eigenvalue weighted by Gasteiger charge is -2.31. The predicted octanol–water partition coefficient (Wildman–Crippen LogP) is 5.30. The van der Waals surface area contributed by atoms with E-state index in [1.165, 1.54) is 20.3 Å². The number of hydrogen-bond acceptors (Lipinski definition) is 5. The number of methoxy groups -OCH3 is 2. The summed E-state index contributed by atoms with van der Waals surface area (Å²) in [4.78, 5) is 27.4. The van der Waals surface area contributed by atoms with Crippen LogP contribution in [-0.2, 0) is 9.53 Å². The number of carbonyl (C=O) groups is 2. The number of nitrogens with zero attached hydrogens (tertiary/aromatic N) is 1. The first-order valence-electron chi connectivity index (χ1n) is 12.5. The van der Waals surface area contributed by atoms with E-state index < -0.39 is 6.09 Å². The van der Waals surface area contributed by atoms with Gasteiger partial charge in [0.15, 0.2) is 0 Å². The molecule has 0 aliphatic carbocycles. The van der Waals surface area contributed by atoms with Gasteiger partial charge >= 0.3 is 6.09 Å². The Labute approximate surface area is 223 Å². The molecule has 3 rings (SSSR count). The van der Waals surface area contributed by atoms with Crippen LogP contribution in [-0.4, -0.2) is 56.3 Å². The highest BCUT2D eigenvalue weighted by atomic mass is 35.5. The lowest BCUT2D eigenvalue weighted by Crippen LogP contribution is -2.41. The molecule has 1 unspecified atom stereocenters. The zero-order valence-corrected chi connectivity index (χ0v) is 22.9. The van der Waals surface area contributed by atoms with Crippen molar-refractivity contribution < 1.29 is 23.5 Å². The van der Waals surface area contributed by atoms with Crippen molar-refractivity contribution in [1.82, 2.24) is 15.5 Å². The smallest absolute Gasteiger partial charge is 0.407 e. The van der Waals surface area contributed by atoms with Crippen LogP contribution in [0.25, 0.3) is 0 Å². The molecule has 2 aromatic rings. The number of halogens is 2. The number of hydrogen-bond donors (Lipinski definition) is 2. The second-order valence-electron chi connectivity index (χ2n) is 10.3. The normalized spacial score (nSPS) is 18.8. The molecule has 2 N–H and O–H groups in total. The molecule has 0 bridgehead atoms. The van der Waals surface area contributed by atoms with Crippen molar-refractivity contribution in [2.75, 3.05) is 33.9 Å². The predicted molar refractivity (Wildman–Crippen MR) is 142 cm³/mol. The molecule has 202 valence electrons. The highest BCUT2D eigenvalue weighted by Gasteiger charge is 2.42. The molecule has 1 heterocycles. The van der Waals surface area contributed by atoms with Crippen LogP contribution < -0.4 is 15.4 Å². The van der Waals surface area contributed by atoms with E-state index in [1.807, 2.05) is 12.1 Å². The summed E-state index contributed by atoms with van der Waals surface area (Å²) in [5.41, 5.74) is 1.27. The molecule has 2 amide bonds. The van der Waals surface area contributed by atoms with E-state index in [2.05, 4.69) is 36.3 Å². The third kappa shape index (κ3) is 7.58. The molecule has 37 heavy (non-hydrogen) atoms. The molecule has 3 atom stereocenters. The Bertz CT molecular complexity index is 1070. The minimum atomic E-state index is -0.526. The van der Waals surface area contributed by atoms with E-state index in [1.54, 1.807) is 24.3 Å². The minimum absolute atomic E-state index is 0.101. The van der Waals surface area contributed by atoms with Gasteiger partial charge in [0.05, 0.1) is 26.2 Å². The maximum absolute atomic E-state index is 15.0. The van der Waals surface area contributed by atoms with Crippen molar-refractivity contribution in [1.29, 1.82) is 0 Å². The summed E-state index contributed by atoms with van der Waals surface area (Å²) in [5, 5.41) is 6.49. The second kappa shape index (κ2) is 12.6. The molecule has 0 spiro atoms. The van der Waals surface area contributed by atoms with Crippen molar-refractivity contribution in [3.8, 4) is 5.75 Å². The maximum Gasteiger partial charge on any atom is 0.407 e. The zero-order valence-electron chi connectivity index (χ0n) is 22.1. The van der Waals surface area contributed by atoms with Crippen LogP contribution in [0.5, 0.6) is 5.75 Å². The Kier molecular flexibility index (Phi) is 9.79. The number of alkyl carbamates (subject to hydrolysis) is 1. The zero-order chi connectivity index (χ0) is 27.2. The summed E-state index contributed by atoms with van der Waals surface area (Å²) in [7, 11) is 2.82. The van der Waals surface area contributed by atoms with E-state index in [0.29, 0.717) is 48.8 Å². The Balaban J connectivity index is 1.66. The summed E-state index contributed by atoms with van der Waals surface area (Å²) in [6.45, 7) is 7.85. The van der Waals surface area contributed by atoms with Gasteiger partial charge in [-0.05, 0) is 62.9 Å². The number of carbonyl (C=O) groups excluding carboxylic acids is 2. The molecule has 0 aromatic heterocycles. The van der Waals surface area contributed by atoms with Gasteiger partial charge in [-0.25, -0.2) is 9.18 Å². The van der Waals surface area contributed by atoms with Crippen molar-refractivity contribution in [2.45, 2.75) is 51.1 Å². The topological polar surface area (TPSA) is 79.9 Å². The summed E-state index contributed by atoms with van der Waals surface area (Å²) >= 11 is 6.00. The van der Waals surface area contributed by atoms with Crippen LogP contribution in [0.4, 0.5) is 9.18 Å². The van der Waals surface area contributed by atoms with Crippen molar-refractivity contribution in [3.05, 3.63) is 64.4 Å². The Morgan fingerprint density at radius 3 is 2.43 bits per heavy atom. The average molecular weight is 534 g/mol. The number of amides is 2. The van der Waals surface area contributed by atoms with Crippen LogP contribution in [0, 0.1) is 11.7 Å². The van der Waals surface area contributed by atoms with Crippen LogP contribution >= 0.6 is 11.6 Å². The monoisotopic (exact) mass is 533 g/mol. The second-order valence-corrected chi connectivity index (χ2v) is 10.8. The van der Waals surface area contributed by atoms with Crippen molar-refractivity contribution in [3.63, 3.8) is 0 Å². The van der Waals surface area contributed by atoms with E-state index >= 15 is 0 Å². The molecule has 0 radical (unpaired) electrons. The number of likely N-dealkylation sites (tertiary alicyclic amines) is 1. The van der Waals surface area contributed by atoms with Gasteiger partial charge in [0.25, 0.3) is 0 Å². The molecule has 9 heteroatoms. The quantitative estimate of drug-likeness (QED) is 0.428. The summed E-state index contributed by atoms with van der Waals surface area (Å²) in [5.74, 6) is -0.674. The molecule has 0 saturated carbocycles. The van der Waals surface area contributed by atoms with Gasteiger partial charge in [0.2, 0.25) is 5.91 Å². The summed E-state index contributed by atoms with van der Waals surface area (Å²) in [6, 6.07) is 11.8. The Morgan fingerprint density at radius 2 is 1.84 bits per heavy atom. The first kappa shape index (κ1) is 28.7. The lowest BCUT2D eigenvalue weighted by molar-refractivity contribution is -0.125. The molecule has 7 nitrogen and oxygen atoms in total. The SMILES string of the molecule is COC(=O)NC(CCCNC(=O)[C@@H]1CN(C(C)(C)C)C[C@H]1c1ccc(OC)cc1F)c1ccc(Cl)cc1. The van der Waals surface area contributed by atoms with E-state index in [4.69, 9.17) is 21.1 Å². The van der Waals surface area contributed by atoms with Gasteiger partial charge in [-0.2, -0.15) is 0 Å². The number of benzene rings is 2. The fourth-order valence-corrected chi connectivity index (χ4v) is 4.86. The molecule has 1 aliphatic rings. The largest absolute Gasteiger partial charge is 0.497 e. The molecule has 1 saturated heterocycles. The fourth-order valence-electron chi connectivity index (χ4n) is 4.74. The van der Waals surface area contributed by atoms with E-state index in [-0.39, 0.29) is 35.1 Å². The highest BCUT2D eigenvalue weighted by molar-refractivity contribution is 6.30. The third-order valence-corrected chi connectivity index (χ3v) is 7.18. The standard InChI is InChI=1S/C28H37ClFN3O4/c1-28(2,3)33-16-22(21-13-12-20(36-4)15-24(21)30)23(17-33)26(34)31-14-6-7-25(32-27(35)37-5)18-8-10-19(29)11-9-18/h8-13,15,22-23,25H,6-7,14,16-17H2,1-5H3,(H,31,34)(H,32,35)/t22-,23+,25?/m0/s1. The molecule has 2 aromatic carbocycles. The van der Waals surface area contributed by atoms with Gasteiger partial charge in [-0.15, -0.1) is 0 Å². The summed E-state index contributed by atoms with van der Waals surface area (Å²) in [6.07, 6.45) is 0.689. The van der Waals surface area contributed by atoms with Gasteiger partial charge in [0, 0.05) is 42.2 Å². The fraction of sp³-hybridized carbons (Fsp3) is 0.500. The van der Waals surface area contributed by atoms with E-state index in [0.717, 1.165) is 5.56 Å². The first-order chi connectivity index (χ1) is 17.5. The summed E-state index contributed by atoms with van der Waals surface area (Å²) < 4.78 is 24.9. The Hall–Kier alpha value is -2.84. The van der Waals surface area contributed by atoms with Gasteiger partial charge in [-0.1, -0.05) is 29.8 Å². The highest BCUT2D eigenvalue weighted by Crippen LogP contribution is 2.38. The average Bonchev–Trinajstić information content (AvgIpc) is 3.32. The van der Waals surface area contributed by atoms with Crippen LogP contribution in [0.3, 0.4) is 0 Å². The lowest BCUT2D eigenvalue weighted by atomic mass is 9.88. The van der Waals surface area contributed by atoms with E-state index in [9.17, 15) is 14.0 Å². The van der Waals surface area contributed by atoms with Gasteiger partial charge in [-0.3, -0.25) is 9.69 Å². The number of ether oxygens (including phenoxy) is 2. The van der Waals surface area contributed by atoms with Crippen LogP contribution in [0.2, 0.25) is 5.02 Å². The molecular weight excluding hydrogens is 497 g/mol. The third-order valence-electron chi connectivity index (χ3n) is 6.93. The molecule has 1 fully saturated rings. The first-order valence-corrected chi connectivity index (χ1v) is 12.9. The van der Waals surface area contributed by atoms with Crippen LogP contribution in [0.15, 0.2) is 42.5 Å². The minimum Gasteiger partial charge on any atom is -0.497 e. The molecule has 1 aliphatic heterocycles. The van der Waals surface area contributed by atoms with Gasteiger partial charge < -0.3 is 20.1 Å². The number of rotatable bonds is 9. The van der Waals surface area contributed by atoms with Crippen LogP contribution in [0.1, 0.15) is 56.7 Å². The van der Waals surface area contributed by atoms with Gasteiger partial charge in [0.1, 0.15) is 11.6 Å². The molecular formula is C28H37ClFN3O4.